The highest BCUT2D eigenvalue weighted by molar-refractivity contribution is 5.67. The minimum Gasteiger partial charge on any atom is -0.481 e. The zero-order chi connectivity index (χ0) is 26.2. The summed E-state index contributed by atoms with van der Waals surface area (Å²) in [5.74, 6) is -1.14. The summed E-state index contributed by atoms with van der Waals surface area (Å²) in [5.41, 5.74) is -0.930. The Kier molecular flexibility index (Phi) is 7.60. The van der Waals surface area contributed by atoms with Crippen LogP contribution in [0.15, 0.2) is 42.5 Å². The molecule has 1 fully saturated rings. The maximum Gasteiger partial charge on any atom is 0.416 e. The number of hydrogen-bond donors (Lipinski definition) is 1. The van der Waals surface area contributed by atoms with Crippen molar-refractivity contribution in [2.24, 2.45) is 5.92 Å². The van der Waals surface area contributed by atoms with Crippen LogP contribution in [0.4, 0.5) is 26.3 Å². The normalized spacial score (nSPS) is 20.1. The summed E-state index contributed by atoms with van der Waals surface area (Å²) in [6, 6.07) is 8.70. The SMILES string of the molecule is CC(C)(C)c1ccc([C@H]2C[C@@H](CC(=O)O)CCN2Cc2cc(C(F)(F)F)ccc2C(F)(F)F)cc1. The number of nitrogens with zero attached hydrogens (tertiary/aromatic N) is 1. The van der Waals surface area contributed by atoms with E-state index in [2.05, 4.69) is 0 Å². The molecule has 1 aliphatic heterocycles. The van der Waals surface area contributed by atoms with Gasteiger partial charge < -0.3 is 5.11 Å². The zero-order valence-electron chi connectivity index (χ0n) is 19.8. The Bertz CT molecular complexity index is 1040. The van der Waals surface area contributed by atoms with E-state index in [-0.39, 0.29) is 30.8 Å². The average Bonchev–Trinajstić information content (AvgIpc) is 2.72. The summed E-state index contributed by atoms with van der Waals surface area (Å²) >= 11 is 0. The van der Waals surface area contributed by atoms with Crippen molar-refractivity contribution in [2.45, 2.75) is 70.4 Å². The van der Waals surface area contributed by atoms with Crippen LogP contribution in [0.1, 0.15) is 73.9 Å². The Balaban J connectivity index is 1.99. The highest BCUT2D eigenvalue weighted by Gasteiger charge is 2.38. The molecule has 35 heavy (non-hydrogen) atoms. The monoisotopic (exact) mass is 501 g/mol. The number of carboxylic acid groups (broad SMARTS) is 1. The molecule has 0 unspecified atom stereocenters. The molecule has 2 atom stereocenters. The van der Waals surface area contributed by atoms with Gasteiger partial charge in [0, 0.05) is 19.0 Å². The lowest BCUT2D eigenvalue weighted by Crippen LogP contribution is -2.37. The van der Waals surface area contributed by atoms with Gasteiger partial charge in [-0.3, -0.25) is 9.69 Å². The number of benzene rings is 2. The van der Waals surface area contributed by atoms with Crippen molar-refractivity contribution in [3.63, 3.8) is 0 Å². The molecular weight excluding hydrogens is 472 g/mol. The van der Waals surface area contributed by atoms with Gasteiger partial charge in [0.15, 0.2) is 0 Å². The second-order valence-corrected chi connectivity index (χ2v) is 10.2. The molecule has 1 N–H and O–H groups in total. The van der Waals surface area contributed by atoms with Crippen molar-refractivity contribution >= 4 is 5.97 Å². The Morgan fingerprint density at radius 2 is 1.54 bits per heavy atom. The summed E-state index contributed by atoms with van der Waals surface area (Å²) < 4.78 is 80.8. The molecule has 192 valence electrons. The highest BCUT2D eigenvalue weighted by Crippen LogP contribution is 2.41. The lowest BCUT2D eigenvalue weighted by atomic mass is 9.82. The number of alkyl halides is 6. The molecule has 0 amide bonds. The van der Waals surface area contributed by atoms with Gasteiger partial charge in [0.1, 0.15) is 0 Å². The molecule has 1 aliphatic rings. The first kappa shape index (κ1) is 27.0. The Morgan fingerprint density at radius 1 is 0.943 bits per heavy atom. The Labute approximate surface area is 200 Å². The third-order valence-corrected chi connectivity index (χ3v) is 6.56. The molecule has 0 bridgehead atoms. The van der Waals surface area contributed by atoms with Crippen LogP contribution in [0.5, 0.6) is 0 Å². The average molecular weight is 502 g/mol. The molecule has 3 rings (SSSR count). The second-order valence-electron chi connectivity index (χ2n) is 10.2. The van der Waals surface area contributed by atoms with Gasteiger partial charge >= 0.3 is 18.3 Å². The smallest absolute Gasteiger partial charge is 0.416 e. The number of halogens is 6. The van der Waals surface area contributed by atoms with E-state index in [1.807, 2.05) is 45.0 Å². The van der Waals surface area contributed by atoms with Crippen molar-refractivity contribution in [1.29, 1.82) is 0 Å². The van der Waals surface area contributed by atoms with E-state index < -0.39 is 41.1 Å². The van der Waals surface area contributed by atoms with E-state index in [9.17, 15) is 36.2 Å². The molecule has 1 saturated heterocycles. The Morgan fingerprint density at radius 3 is 2.06 bits per heavy atom. The Hall–Kier alpha value is -2.55. The molecule has 2 aromatic rings. The fraction of sp³-hybridized carbons (Fsp3) is 0.500. The maximum absolute atomic E-state index is 13.6. The quantitative estimate of drug-likeness (QED) is 0.433. The lowest BCUT2D eigenvalue weighted by Gasteiger charge is -2.40. The molecule has 0 aromatic heterocycles. The number of carboxylic acids is 1. The highest BCUT2D eigenvalue weighted by atomic mass is 19.4. The van der Waals surface area contributed by atoms with Crippen LogP contribution in [-0.4, -0.2) is 22.5 Å². The van der Waals surface area contributed by atoms with Gasteiger partial charge in [-0.15, -0.1) is 0 Å². The molecule has 0 aliphatic carbocycles. The fourth-order valence-corrected chi connectivity index (χ4v) is 4.66. The van der Waals surface area contributed by atoms with E-state index in [0.29, 0.717) is 31.0 Å². The minimum atomic E-state index is -4.80. The van der Waals surface area contributed by atoms with Gasteiger partial charge in [-0.25, -0.2) is 0 Å². The third kappa shape index (κ3) is 6.78. The van der Waals surface area contributed by atoms with Gasteiger partial charge in [-0.05, 0) is 65.6 Å². The predicted octanol–water partition coefficient (Wildman–Crippen LogP) is 7.45. The van der Waals surface area contributed by atoms with Crippen molar-refractivity contribution in [2.75, 3.05) is 6.54 Å². The van der Waals surface area contributed by atoms with Crippen molar-refractivity contribution < 1.29 is 36.2 Å². The number of aliphatic carboxylic acids is 1. The van der Waals surface area contributed by atoms with Gasteiger partial charge in [0.2, 0.25) is 0 Å². The topological polar surface area (TPSA) is 40.5 Å². The van der Waals surface area contributed by atoms with Crippen molar-refractivity contribution in [1.82, 2.24) is 4.90 Å². The van der Waals surface area contributed by atoms with E-state index in [1.54, 1.807) is 4.90 Å². The maximum atomic E-state index is 13.6. The molecule has 3 nitrogen and oxygen atoms in total. The number of hydrogen-bond acceptors (Lipinski definition) is 2. The zero-order valence-corrected chi connectivity index (χ0v) is 19.8. The third-order valence-electron chi connectivity index (χ3n) is 6.56. The van der Waals surface area contributed by atoms with Crippen LogP contribution in [0.3, 0.4) is 0 Å². The van der Waals surface area contributed by atoms with Gasteiger partial charge in [-0.2, -0.15) is 26.3 Å². The predicted molar refractivity (Wildman–Crippen MR) is 120 cm³/mol. The number of rotatable bonds is 5. The lowest BCUT2D eigenvalue weighted by molar-refractivity contribution is -0.142. The van der Waals surface area contributed by atoms with Crippen LogP contribution in [0, 0.1) is 5.92 Å². The summed E-state index contributed by atoms with van der Waals surface area (Å²) in [5, 5.41) is 9.24. The summed E-state index contributed by atoms with van der Waals surface area (Å²) in [7, 11) is 0. The van der Waals surface area contributed by atoms with Crippen LogP contribution < -0.4 is 0 Å². The summed E-state index contributed by atoms with van der Waals surface area (Å²) in [4.78, 5) is 13.0. The summed E-state index contributed by atoms with van der Waals surface area (Å²) in [6.07, 6.45) is -8.81. The van der Waals surface area contributed by atoms with Gasteiger partial charge in [0.25, 0.3) is 0 Å². The molecule has 0 radical (unpaired) electrons. The minimum absolute atomic E-state index is 0.0677. The molecule has 9 heteroatoms. The van der Waals surface area contributed by atoms with E-state index in [4.69, 9.17) is 0 Å². The molecular formula is C26H29F6NO2. The van der Waals surface area contributed by atoms with Gasteiger partial charge in [-0.1, -0.05) is 45.0 Å². The van der Waals surface area contributed by atoms with Crippen LogP contribution in [0.25, 0.3) is 0 Å². The fourth-order valence-electron chi connectivity index (χ4n) is 4.66. The molecule has 1 heterocycles. The van der Waals surface area contributed by atoms with Crippen LogP contribution in [0.2, 0.25) is 0 Å². The molecule has 0 spiro atoms. The molecule has 0 saturated carbocycles. The van der Waals surface area contributed by atoms with E-state index in [1.165, 1.54) is 0 Å². The number of piperidine rings is 1. The molecule has 2 aromatic carbocycles. The first-order valence-corrected chi connectivity index (χ1v) is 11.4. The van der Waals surface area contributed by atoms with E-state index >= 15 is 0 Å². The van der Waals surface area contributed by atoms with Crippen LogP contribution in [-0.2, 0) is 29.1 Å². The van der Waals surface area contributed by atoms with Crippen LogP contribution >= 0.6 is 0 Å². The van der Waals surface area contributed by atoms with E-state index in [0.717, 1.165) is 11.1 Å². The van der Waals surface area contributed by atoms with Crippen molar-refractivity contribution in [3.05, 3.63) is 70.3 Å². The first-order chi connectivity index (χ1) is 16.1. The van der Waals surface area contributed by atoms with Crippen molar-refractivity contribution in [3.8, 4) is 0 Å². The van der Waals surface area contributed by atoms with Gasteiger partial charge in [0.05, 0.1) is 11.1 Å². The number of carbonyl (C=O) groups is 1. The number of likely N-dealkylation sites (tertiary alicyclic amines) is 1. The standard InChI is InChI=1S/C26H29F6NO2/c1-24(2,3)19-6-4-17(5-7-19)22-12-16(13-23(34)35)10-11-33(22)15-18-14-20(25(27,28)29)8-9-21(18)26(30,31)32/h4-9,14,16,22H,10-13,15H2,1-3H3,(H,34,35)/t16-,22+/m0/s1. The first-order valence-electron chi connectivity index (χ1n) is 11.4. The summed E-state index contributed by atoms with van der Waals surface area (Å²) in [6.45, 7) is 6.08. The largest absolute Gasteiger partial charge is 0.481 e. The second kappa shape index (κ2) is 9.84.